The van der Waals surface area contributed by atoms with E-state index in [0.29, 0.717) is 0 Å². The third-order valence-electron chi connectivity index (χ3n) is 4.52. The maximum absolute atomic E-state index is 12.4. The van der Waals surface area contributed by atoms with Gasteiger partial charge in [-0.3, -0.25) is 4.79 Å². The van der Waals surface area contributed by atoms with E-state index in [1.807, 2.05) is 4.90 Å². The predicted octanol–water partition coefficient (Wildman–Crippen LogP) is 2.30. The highest BCUT2D eigenvalue weighted by Crippen LogP contribution is 2.31. The van der Waals surface area contributed by atoms with Crippen molar-refractivity contribution < 1.29 is 4.79 Å². The molecule has 3 heteroatoms. The van der Waals surface area contributed by atoms with Crippen LogP contribution in [0.2, 0.25) is 0 Å². The van der Waals surface area contributed by atoms with E-state index in [9.17, 15) is 4.79 Å². The topological polar surface area (TPSA) is 46.3 Å². The first-order chi connectivity index (χ1) is 8.15. The smallest absolute Gasteiger partial charge is 0.242 e. The second kappa shape index (κ2) is 5.38. The van der Waals surface area contributed by atoms with Crippen LogP contribution in [0, 0.1) is 5.92 Å². The molecule has 1 amide bonds. The molecule has 0 bridgehead atoms. The summed E-state index contributed by atoms with van der Waals surface area (Å²) in [6, 6.07) is 0. The van der Waals surface area contributed by atoms with Crippen molar-refractivity contribution in [1.29, 1.82) is 0 Å². The van der Waals surface area contributed by atoms with Crippen LogP contribution in [0.3, 0.4) is 0 Å². The van der Waals surface area contributed by atoms with Gasteiger partial charge in [0.05, 0.1) is 5.54 Å². The van der Waals surface area contributed by atoms with Crippen molar-refractivity contribution in [2.24, 2.45) is 11.7 Å². The highest BCUT2D eigenvalue weighted by Gasteiger charge is 2.40. The highest BCUT2D eigenvalue weighted by atomic mass is 16.2. The lowest BCUT2D eigenvalue weighted by atomic mass is 9.90. The van der Waals surface area contributed by atoms with E-state index in [2.05, 4.69) is 6.92 Å². The van der Waals surface area contributed by atoms with Crippen molar-refractivity contribution >= 4 is 5.91 Å². The van der Waals surface area contributed by atoms with Crippen LogP contribution in [0.15, 0.2) is 0 Å². The zero-order valence-corrected chi connectivity index (χ0v) is 11.1. The molecule has 1 saturated carbocycles. The number of amides is 1. The number of rotatable bonds is 3. The first-order valence-electron chi connectivity index (χ1n) is 7.24. The summed E-state index contributed by atoms with van der Waals surface area (Å²) in [5.74, 6) is 1.06. The van der Waals surface area contributed by atoms with Crippen LogP contribution in [-0.4, -0.2) is 29.4 Å². The molecule has 0 spiro atoms. The minimum atomic E-state index is -0.516. The zero-order chi connectivity index (χ0) is 12.3. The Morgan fingerprint density at radius 2 is 1.88 bits per heavy atom. The van der Waals surface area contributed by atoms with E-state index in [4.69, 9.17) is 5.73 Å². The third-order valence-corrected chi connectivity index (χ3v) is 4.52. The SMILES string of the molecule is CCCC1CCN(C(=O)C2(N)CCCC2)CC1. The van der Waals surface area contributed by atoms with Crippen LogP contribution >= 0.6 is 0 Å². The lowest BCUT2D eigenvalue weighted by molar-refractivity contribution is -0.138. The number of piperidine rings is 1. The van der Waals surface area contributed by atoms with Crippen LogP contribution in [0.5, 0.6) is 0 Å². The molecule has 0 aromatic rings. The molecular formula is C14H26N2O. The van der Waals surface area contributed by atoms with Crippen molar-refractivity contribution in [3.05, 3.63) is 0 Å². The monoisotopic (exact) mass is 238 g/mol. The van der Waals surface area contributed by atoms with Gasteiger partial charge in [0.25, 0.3) is 0 Å². The van der Waals surface area contributed by atoms with Gasteiger partial charge in [0.2, 0.25) is 5.91 Å². The van der Waals surface area contributed by atoms with E-state index in [-0.39, 0.29) is 5.91 Å². The third kappa shape index (κ3) is 2.82. The fourth-order valence-corrected chi connectivity index (χ4v) is 3.37. The molecule has 17 heavy (non-hydrogen) atoms. The van der Waals surface area contributed by atoms with Gasteiger partial charge in [-0.1, -0.05) is 32.6 Å². The number of carbonyl (C=O) groups excluding carboxylic acids is 1. The van der Waals surface area contributed by atoms with Gasteiger partial charge < -0.3 is 10.6 Å². The Hall–Kier alpha value is -0.570. The van der Waals surface area contributed by atoms with Gasteiger partial charge in [0, 0.05) is 13.1 Å². The number of likely N-dealkylation sites (tertiary alicyclic amines) is 1. The van der Waals surface area contributed by atoms with E-state index in [0.717, 1.165) is 44.7 Å². The average molecular weight is 238 g/mol. The molecule has 0 unspecified atom stereocenters. The number of nitrogens with two attached hydrogens (primary N) is 1. The number of hydrogen-bond acceptors (Lipinski definition) is 2. The van der Waals surface area contributed by atoms with E-state index in [1.165, 1.54) is 25.7 Å². The number of nitrogens with zero attached hydrogens (tertiary/aromatic N) is 1. The summed E-state index contributed by atoms with van der Waals surface area (Å²) in [5, 5.41) is 0. The van der Waals surface area contributed by atoms with Crippen molar-refractivity contribution in [2.45, 2.75) is 63.8 Å². The van der Waals surface area contributed by atoms with E-state index in [1.54, 1.807) is 0 Å². The molecule has 0 aromatic heterocycles. The quantitative estimate of drug-likeness (QED) is 0.820. The van der Waals surface area contributed by atoms with Gasteiger partial charge in [0.15, 0.2) is 0 Å². The van der Waals surface area contributed by atoms with Crippen LogP contribution in [0.4, 0.5) is 0 Å². The maximum Gasteiger partial charge on any atom is 0.242 e. The first kappa shape index (κ1) is 12.9. The highest BCUT2D eigenvalue weighted by molar-refractivity contribution is 5.86. The fourth-order valence-electron chi connectivity index (χ4n) is 3.37. The normalized spacial score (nSPS) is 25.2. The Labute approximate surface area is 105 Å². The van der Waals surface area contributed by atoms with Crippen LogP contribution < -0.4 is 5.73 Å². The van der Waals surface area contributed by atoms with Crippen molar-refractivity contribution in [3.8, 4) is 0 Å². The Morgan fingerprint density at radius 3 is 2.41 bits per heavy atom. The van der Waals surface area contributed by atoms with Gasteiger partial charge in [-0.2, -0.15) is 0 Å². The predicted molar refractivity (Wildman–Crippen MR) is 69.6 cm³/mol. The van der Waals surface area contributed by atoms with Crippen LogP contribution in [-0.2, 0) is 4.79 Å². The van der Waals surface area contributed by atoms with Gasteiger partial charge >= 0.3 is 0 Å². The van der Waals surface area contributed by atoms with Crippen molar-refractivity contribution in [2.75, 3.05) is 13.1 Å². The molecule has 0 atom stereocenters. The summed E-state index contributed by atoms with van der Waals surface area (Å²) in [6.45, 7) is 4.11. The summed E-state index contributed by atoms with van der Waals surface area (Å²) in [5.41, 5.74) is 5.72. The maximum atomic E-state index is 12.4. The minimum Gasteiger partial charge on any atom is -0.341 e. The Morgan fingerprint density at radius 1 is 1.29 bits per heavy atom. The lowest BCUT2D eigenvalue weighted by Gasteiger charge is -2.36. The summed E-state index contributed by atoms with van der Waals surface area (Å²) in [6.07, 6.45) is 8.95. The van der Waals surface area contributed by atoms with Crippen LogP contribution in [0.25, 0.3) is 0 Å². The molecule has 2 rings (SSSR count). The lowest BCUT2D eigenvalue weighted by Crippen LogP contribution is -2.55. The molecule has 2 aliphatic rings. The molecule has 1 aliphatic carbocycles. The molecule has 3 nitrogen and oxygen atoms in total. The Bertz CT molecular complexity index is 263. The van der Waals surface area contributed by atoms with Gasteiger partial charge in [-0.25, -0.2) is 0 Å². The summed E-state index contributed by atoms with van der Waals surface area (Å²) in [7, 11) is 0. The largest absolute Gasteiger partial charge is 0.341 e. The molecular weight excluding hydrogens is 212 g/mol. The number of hydrogen-bond donors (Lipinski definition) is 1. The standard InChI is InChI=1S/C14H26N2O/c1-2-5-12-6-10-16(11-7-12)13(17)14(15)8-3-4-9-14/h12H,2-11,15H2,1H3. The van der Waals surface area contributed by atoms with Gasteiger partial charge in [0.1, 0.15) is 0 Å². The van der Waals surface area contributed by atoms with E-state index < -0.39 is 5.54 Å². The molecule has 0 aromatic carbocycles. The summed E-state index contributed by atoms with van der Waals surface area (Å²) < 4.78 is 0. The van der Waals surface area contributed by atoms with Gasteiger partial charge in [-0.05, 0) is 31.6 Å². The first-order valence-corrected chi connectivity index (χ1v) is 7.24. The van der Waals surface area contributed by atoms with Crippen molar-refractivity contribution in [3.63, 3.8) is 0 Å². The number of carbonyl (C=O) groups is 1. The molecule has 1 aliphatic heterocycles. The Balaban J connectivity index is 1.86. The van der Waals surface area contributed by atoms with Crippen molar-refractivity contribution in [1.82, 2.24) is 4.90 Å². The minimum absolute atomic E-state index is 0.227. The Kier molecular flexibility index (Phi) is 4.08. The van der Waals surface area contributed by atoms with Gasteiger partial charge in [-0.15, -0.1) is 0 Å². The summed E-state index contributed by atoms with van der Waals surface area (Å²) >= 11 is 0. The molecule has 1 saturated heterocycles. The molecule has 1 heterocycles. The zero-order valence-electron chi connectivity index (χ0n) is 11.1. The fraction of sp³-hybridized carbons (Fsp3) is 0.929. The van der Waals surface area contributed by atoms with E-state index >= 15 is 0 Å². The molecule has 0 radical (unpaired) electrons. The second-order valence-electron chi connectivity index (χ2n) is 5.89. The molecule has 2 fully saturated rings. The summed E-state index contributed by atoms with van der Waals surface area (Å²) in [4.78, 5) is 14.4. The molecule has 2 N–H and O–H groups in total. The van der Waals surface area contributed by atoms with Crippen LogP contribution in [0.1, 0.15) is 58.3 Å². The second-order valence-corrected chi connectivity index (χ2v) is 5.89. The average Bonchev–Trinajstić information content (AvgIpc) is 2.78. The molecule has 98 valence electrons.